The van der Waals surface area contributed by atoms with Gasteiger partial charge in [-0.2, -0.15) is 0 Å². The molecule has 0 heterocycles. The first-order chi connectivity index (χ1) is 5.47. The molecule has 2 heteroatoms. The van der Waals surface area contributed by atoms with Gasteiger partial charge in [0.1, 0.15) is 5.82 Å². The van der Waals surface area contributed by atoms with Crippen LogP contribution in [0.1, 0.15) is 5.56 Å². The Bertz CT molecular complexity index is 246. The fourth-order valence-electron chi connectivity index (χ4n) is 1.08. The zero-order valence-corrected chi connectivity index (χ0v) is 8.62. The normalized spacial score (nSPS) is 13.0. The lowest BCUT2D eigenvalue weighted by Crippen LogP contribution is -1.96. The molecule has 0 N–H and O–H groups in total. The molecule has 0 bridgehead atoms. The molecule has 0 aliphatic carbocycles. The minimum Gasteiger partial charge on any atom is -0.246 e. The molecule has 0 fully saturated rings. The van der Waals surface area contributed by atoms with Gasteiger partial charge in [0.25, 0.3) is 0 Å². The highest BCUT2D eigenvalue weighted by atomic mass is 32.3. The van der Waals surface area contributed by atoms with Crippen molar-refractivity contribution < 1.29 is 4.39 Å². The van der Waals surface area contributed by atoms with Crippen LogP contribution in [0.15, 0.2) is 24.3 Å². The van der Waals surface area contributed by atoms with Crippen molar-refractivity contribution in [1.82, 2.24) is 0 Å². The Morgan fingerprint density at radius 2 is 1.58 bits per heavy atom. The van der Waals surface area contributed by atoms with Crippen molar-refractivity contribution in [3.63, 3.8) is 0 Å². The predicted octanol–water partition coefficient (Wildman–Crippen LogP) is 3.02. The maximum atomic E-state index is 12.5. The third-order valence-corrected chi connectivity index (χ3v) is 2.71. The van der Waals surface area contributed by atoms with Gasteiger partial charge in [-0.25, -0.2) is 14.4 Å². The molecule has 0 aliphatic heterocycles. The topological polar surface area (TPSA) is 0 Å². The molecule has 0 aliphatic rings. The van der Waals surface area contributed by atoms with E-state index in [1.165, 1.54) is 17.7 Å². The van der Waals surface area contributed by atoms with Crippen LogP contribution in [-0.4, -0.2) is 18.8 Å². The van der Waals surface area contributed by atoms with Gasteiger partial charge in [-0.3, -0.25) is 0 Å². The third-order valence-electron chi connectivity index (χ3n) is 1.51. The molecule has 0 spiro atoms. The van der Waals surface area contributed by atoms with Gasteiger partial charge < -0.3 is 0 Å². The van der Waals surface area contributed by atoms with E-state index in [0.29, 0.717) is 0 Å². The van der Waals surface area contributed by atoms with Crippen LogP contribution in [0.5, 0.6) is 0 Å². The maximum Gasteiger partial charge on any atom is 0.123 e. The van der Waals surface area contributed by atoms with Crippen LogP contribution < -0.4 is 0 Å². The fourth-order valence-corrected chi connectivity index (χ4v) is 2.27. The van der Waals surface area contributed by atoms with Gasteiger partial charge in [-0.15, -0.1) is 0 Å². The predicted molar refractivity (Wildman–Crippen MR) is 55.5 cm³/mol. The van der Waals surface area contributed by atoms with E-state index in [-0.39, 0.29) is 5.82 Å². The van der Waals surface area contributed by atoms with E-state index in [1.54, 1.807) is 0 Å². The van der Waals surface area contributed by atoms with Crippen molar-refractivity contribution in [1.29, 1.82) is 0 Å². The number of rotatable bonds is 2. The van der Waals surface area contributed by atoms with Crippen molar-refractivity contribution in [2.75, 3.05) is 18.8 Å². The fraction of sp³-hybridized carbons (Fsp3) is 0.400. The summed E-state index contributed by atoms with van der Waals surface area (Å²) in [6.45, 7) is 0. The SMILES string of the molecule is CS(C)(C)Cc1ccc(F)cc1. The van der Waals surface area contributed by atoms with Crippen molar-refractivity contribution in [3.05, 3.63) is 35.6 Å². The Morgan fingerprint density at radius 3 is 2.00 bits per heavy atom. The lowest BCUT2D eigenvalue weighted by molar-refractivity contribution is 0.627. The molecular formula is C10H15FS. The molecule has 1 rings (SSSR count). The summed E-state index contributed by atoms with van der Waals surface area (Å²) >= 11 is 0. The van der Waals surface area contributed by atoms with Crippen LogP contribution in [0.3, 0.4) is 0 Å². The Kier molecular flexibility index (Phi) is 2.78. The summed E-state index contributed by atoms with van der Waals surface area (Å²) in [5.74, 6) is 0.926. The maximum absolute atomic E-state index is 12.5. The molecule has 1 aromatic rings. The van der Waals surface area contributed by atoms with Gasteiger partial charge in [0.2, 0.25) is 0 Å². The van der Waals surface area contributed by atoms with Gasteiger partial charge >= 0.3 is 0 Å². The Labute approximate surface area is 75.1 Å². The molecule has 0 radical (unpaired) electrons. The lowest BCUT2D eigenvalue weighted by Gasteiger charge is -2.24. The van der Waals surface area contributed by atoms with Gasteiger partial charge in [-0.05, 0) is 36.5 Å². The van der Waals surface area contributed by atoms with Crippen LogP contribution >= 0.6 is 10.0 Å². The molecule has 0 amide bonds. The second-order valence-electron chi connectivity index (χ2n) is 3.86. The average molecular weight is 186 g/mol. The molecule has 68 valence electrons. The van der Waals surface area contributed by atoms with Gasteiger partial charge in [-0.1, -0.05) is 12.1 Å². The standard InChI is InChI=1S/C10H15FS/c1-12(2,3)8-9-4-6-10(11)7-5-9/h4-7H,8H2,1-3H3. The highest BCUT2D eigenvalue weighted by Crippen LogP contribution is 2.38. The van der Waals surface area contributed by atoms with Crippen molar-refractivity contribution in [2.45, 2.75) is 5.75 Å². The summed E-state index contributed by atoms with van der Waals surface area (Å²) in [4.78, 5) is 0. The first kappa shape index (κ1) is 9.59. The minimum atomic E-state index is -0.512. The highest BCUT2D eigenvalue weighted by molar-refractivity contribution is 8.31. The number of hydrogen-bond donors (Lipinski definition) is 0. The monoisotopic (exact) mass is 186 g/mol. The van der Waals surface area contributed by atoms with Crippen molar-refractivity contribution in [2.24, 2.45) is 0 Å². The van der Waals surface area contributed by atoms with Crippen molar-refractivity contribution in [3.8, 4) is 0 Å². The number of halogens is 1. The average Bonchev–Trinajstić information content (AvgIpc) is 1.91. The molecule has 0 saturated carbocycles. The third kappa shape index (κ3) is 3.26. The van der Waals surface area contributed by atoms with E-state index in [0.717, 1.165) is 5.75 Å². The molecule has 0 unspecified atom stereocenters. The first-order valence-electron chi connectivity index (χ1n) is 3.88. The van der Waals surface area contributed by atoms with E-state index in [9.17, 15) is 4.39 Å². The summed E-state index contributed by atoms with van der Waals surface area (Å²) in [6, 6.07) is 6.79. The number of hydrogen-bond acceptors (Lipinski definition) is 0. The summed E-state index contributed by atoms with van der Waals surface area (Å²) in [5.41, 5.74) is 1.24. The molecule has 12 heavy (non-hydrogen) atoms. The first-order valence-corrected chi connectivity index (χ1v) is 6.90. The molecule has 0 atom stereocenters. The van der Waals surface area contributed by atoms with Gasteiger partial charge in [0, 0.05) is 5.75 Å². The Hall–Kier alpha value is -0.500. The second kappa shape index (κ2) is 3.48. The van der Waals surface area contributed by atoms with Crippen LogP contribution in [-0.2, 0) is 5.75 Å². The number of benzene rings is 1. The van der Waals surface area contributed by atoms with Crippen LogP contribution in [0, 0.1) is 5.82 Å². The Morgan fingerprint density at radius 1 is 1.08 bits per heavy atom. The summed E-state index contributed by atoms with van der Waals surface area (Å²) in [5, 5.41) is 0. The van der Waals surface area contributed by atoms with E-state index < -0.39 is 10.0 Å². The van der Waals surface area contributed by atoms with Crippen molar-refractivity contribution >= 4 is 10.0 Å². The van der Waals surface area contributed by atoms with E-state index in [2.05, 4.69) is 18.8 Å². The summed E-state index contributed by atoms with van der Waals surface area (Å²) < 4.78 is 12.5. The van der Waals surface area contributed by atoms with Crippen LogP contribution in [0.2, 0.25) is 0 Å². The molecule has 0 aromatic heterocycles. The molecule has 0 nitrogen and oxygen atoms in total. The van der Waals surface area contributed by atoms with Crippen LogP contribution in [0.25, 0.3) is 0 Å². The zero-order valence-electron chi connectivity index (χ0n) is 7.80. The Balaban J connectivity index is 2.71. The zero-order chi connectivity index (χ0) is 9.19. The smallest absolute Gasteiger partial charge is 0.123 e. The lowest BCUT2D eigenvalue weighted by atomic mass is 10.2. The van der Waals surface area contributed by atoms with E-state index in [4.69, 9.17) is 0 Å². The highest BCUT2D eigenvalue weighted by Gasteiger charge is 2.04. The summed E-state index contributed by atoms with van der Waals surface area (Å²) in [7, 11) is -0.512. The molecule has 1 aromatic carbocycles. The summed E-state index contributed by atoms with van der Waals surface area (Å²) in [6.07, 6.45) is 6.78. The minimum absolute atomic E-state index is 0.150. The molecule has 0 saturated heterocycles. The van der Waals surface area contributed by atoms with Gasteiger partial charge in [0.05, 0.1) is 0 Å². The second-order valence-corrected chi connectivity index (χ2v) is 8.33. The largest absolute Gasteiger partial charge is 0.246 e. The van der Waals surface area contributed by atoms with E-state index in [1.807, 2.05) is 12.1 Å². The van der Waals surface area contributed by atoms with E-state index >= 15 is 0 Å². The van der Waals surface area contributed by atoms with Gasteiger partial charge in [0.15, 0.2) is 0 Å². The quantitative estimate of drug-likeness (QED) is 0.666. The van der Waals surface area contributed by atoms with Crippen LogP contribution in [0.4, 0.5) is 4.39 Å². The molecular weight excluding hydrogens is 171 g/mol.